The number of benzene rings is 1. The van der Waals surface area contributed by atoms with E-state index in [4.69, 9.17) is 4.74 Å². The molecule has 7 nitrogen and oxygen atoms in total. The van der Waals surface area contributed by atoms with Gasteiger partial charge in [-0.1, -0.05) is 49.1 Å². The van der Waals surface area contributed by atoms with Crippen molar-refractivity contribution in [3.8, 4) is 11.1 Å². The van der Waals surface area contributed by atoms with Crippen LogP contribution < -0.4 is 10.9 Å². The Bertz CT molecular complexity index is 1210. The fraction of sp³-hybridized carbons (Fsp3) is 0.500. The van der Waals surface area contributed by atoms with E-state index in [1.807, 2.05) is 36.6 Å². The second kappa shape index (κ2) is 9.98. The van der Waals surface area contributed by atoms with Gasteiger partial charge in [0.05, 0.1) is 24.9 Å². The maximum atomic E-state index is 13.3. The van der Waals surface area contributed by atoms with Gasteiger partial charge in [-0.15, -0.1) is 11.3 Å². The third-order valence-corrected chi connectivity index (χ3v) is 8.20. The Morgan fingerprint density at radius 1 is 1.15 bits per heavy atom. The Kier molecular flexibility index (Phi) is 6.81. The lowest BCUT2D eigenvalue weighted by atomic mass is 9.79. The van der Waals surface area contributed by atoms with E-state index >= 15 is 0 Å². The fourth-order valence-corrected chi connectivity index (χ4v) is 6.26. The molecule has 3 heterocycles. The first-order valence-electron chi connectivity index (χ1n) is 12.2. The molecule has 2 aliphatic rings. The first-order valence-corrected chi connectivity index (χ1v) is 13.1. The number of morpholine rings is 1. The molecule has 180 valence electrons. The molecule has 0 atom stereocenters. The van der Waals surface area contributed by atoms with Crippen molar-refractivity contribution in [1.29, 1.82) is 0 Å². The second-order valence-electron chi connectivity index (χ2n) is 9.53. The monoisotopic (exact) mass is 480 g/mol. The number of hydrogen-bond acceptors (Lipinski definition) is 6. The average molecular weight is 481 g/mol. The molecule has 3 aromatic rings. The van der Waals surface area contributed by atoms with E-state index in [2.05, 4.69) is 15.2 Å². The van der Waals surface area contributed by atoms with Gasteiger partial charge in [-0.25, -0.2) is 4.98 Å². The zero-order valence-electron chi connectivity index (χ0n) is 19.7. The molecular formula is C26H32N4O3S. The third-order valence-electron chi connectivity index (χ3n) is 7.32. The minimum atomic E-state index is -0.169. The number of hydrogen-bond donors (Lipinski definition) is 1. The van der Waals surface area contributed by atoms with Gasteiger partial charge in [0.1, 0.15) is 11.4 Å². The third kappa shape index (κ3) is 4.67. The minimum absolute atomic E-state index is 0.00315. The highest BCUT2D eigenvalue weighted by atomic mass is 32.1. The summed E-state index contributed by atoms with van der Waals surface area (Å²) in [6.07, 6.45) is 7.31. The Labute approximate surface area is 203 Å². The Hall–Kier alpha value is -2.55. The summed E-state index contributed by atoms with van der Waals surface area (Å²) in [5.41, 5.74) is 2.86. The summed E-state index contributed by atoms with van der Waals surface area (Å²) in [7, 11) is 0. The van der Waals surface area contributed by atoms with Crippen molar-refractivity contribution in [2.75, 3.05) is 32.8 Å². The number of carbonyl (C=O) groups is 1. The van der Waals surface area contributed by atoms with Gasteiger partial charge < -0.3 is 10.1 Å². The van der Waals surface area contributed by atoms with Gasteiger partial charge in [0.25, 0.3) is 5.56 Å². The Morgan fingerprint density at radius 2 is 1.88 bits per heavy atom. The molecule has 5 rings (SSSR count). The van der Waals surface area contributed by atoms with Crippen molar-refractivity contribution in [3.05, 3.63) is 51.9 Å². The summed E-state index contributed by atoms with van der Waals surface area (Å²) in [5, 5.41) is 5.71. The topological polar surface area (TPSA) is 76.5 Å². The Balaban J connectivity index is 1.33. The number of amides is 1. The van der Waals surface area contributed by atoms with Gasteiger partial charge in [0, 0.05) is 36.1 Å². The maximum absolute atomic E-state index is 13.3. The van der Waals surface area contributed by atoms with Crippen molar-refractivity contribution in [3.63, 3.8) is 0 Å². The van der Waals surface area contributed by atoms with Crippen LogP contribution in [-0.4, -0.2) is 58.7 Å². The zero-order chi connectivity index (χ0) is 23.5. The van der Waals surface area contributed by atoms with E-state index in [-0.39, 0.29) is 23.6 Å². The van der Waals surface area contributed by atoms with Gasteiger partial charge in [-0.2, -0.15) is 0 Å². The second-order valence-corrected chi connectivity index (χ2v) is 10.4. The van der Waals surface area contributed by atoms with Crippen LogP contribution in [0.1, 0.15) is 37.7 Å². The molecule has 0 unspecified atom stereocenters. The maximum Gasteiger partial charge on any atom is 0.263 e. The predicted octanol–water partition coefficient (Wildman–Crippen LogP) is 3.58. The van der Waals surface area contributed by atoms with E-state index in [9.17, 15) is 9.59 Å². The molecule has 1 aliphatic heterocycles. The first kappa shape index (κ1) is 23.2. The highest BCUT2D eigenvalue weighted by molar-refractivity contribution is 7.17. The minimum Gasteiger partial charge on any atom is -0.379 e. The molecule has 0 bridgehead atoms. The molecule has 34 heavy (non-hydrogen) atoms. The highest BCUT2D eigenvalue weighted by Crippen LogP contribution is 2.34. The van der Waals surface area contributed by atoms with E-state index in [1.54, 1.807) is 0 Å². The van der Waals surface area contributed by atoms with E-state index < -0.39 is 0 Å². The largest absolute Gasteiger partial charge is 0.379 e. The number of aryl methyl sites for hydroxylation is 1. The highest BCUT2D eigenvalue weighted by Gasteiger charge is 2.38. The van der Waals surface area contributed by atoms with Crippen LogP contribution in [0.25, 0.3) is 21.3 Å². The SMILES string of the molecule is Cc1ccc(-c2csc3ncn(CC(=O)NCC4(N5CCOCC5)CCCCC4)c(=O)c23)cc1. The summed E-state index contributed by atoms with van der Waals surface area (Å²) >= 11 is 1.46. The molecule has 1 amide bonds. The number of ether oxygens (including phenoxy) is 1. The average Bonchev–Trinajstić information content (AvgIpc) is 3.31. The number of nitrogens with one attached hydrogen (secondary N) is 1. The van der Waals surface area contributed by atoms with E-state index in [1.165, 1.54) is 47.1 Å². The molecule has 1 saturated heterocycles. The van der Waals surface area contributed by atoms with Crippen molar-refractivity contribution in [2.45, 2.75) is 51.1 Å². The van der Waals surface area contributed by atoms with Gasteiger partial charge >= 0.3 is 0 Å². The number of fused-ring (bicyclic) bond motifs is 1. The standard InChI is InChI=1S/C26H32N4O3S/c1-19-5-7-20(8-6-19)21-16-34-24-23(21)25(32)29(18-28-24)15-22(31)27-17-26(9-3-2-4-10-26)30-11-13-33-14-12-30/h5-8,16,18H,2-4,9-15,17H2,1H3,(H,27,31). The summed E-state index contributed by atoms with van der Waals surface area (Å²) in [5.74, 6) is -0.145. The van der Waals surface area contributed by atoms with Crippen LogP contribution in [0.4, 0.5) is 0 Å². The molecule has 1 aromatic carbocycles. The van der Waals surface area contributed by atoms with Gasteiger partial charge in [0.2, 0.25) is 5.91 Å². The van der Waals surface area contributed by atoms with Gasteiger partial charge in [-0.05, 0) is 25.3 Å². The van der Waals surface area contributed by atoms with Crippen LogP contribution in [0.3, 0.4) is 0 Å². The fourth-order valence-electron chi connectivity index (χ4n) is 5.35. The summed E-state index contributed by atoms with van der Waals surface area (Å²) in [4.78, 5) is 34.0. The van der Waals surface area contributed by atoms with Crippen LogP contribution in [0.5, 0.6) is 0 Å². The molecule has 0 spiro atoms. The van der Waals surface area contributed by atoms with Gasteiger partial charge in [-0.3, -0.25) is 19.1 Å². The number of nitrogens with zero attached hydrogens (tertiary/aromatic N) is 3. The molecular weight excluding hydrogens is 448 g/mol. The molecule has 1 aliphatic carbocycles. The molecule has 2 fully saturated rings. The lowest BCUT2D eigenvalue weighted by Gasteiger charge is -2.48. The molecule has 0 radical (unpaired) electrons. The molecule has 2 aromatic heterocycles. The summed E-state index contributed by atoms with van der Waals surface area (Å²) in [6, 6.07) is 8.12. The normalized spacial score (nSPS) is 18.7. The number of aromatic nitrogens is 2. The number of rotatable bonds is 6. The first-order chi connectivity index (χ1) is 16.6. The number of carbonyl (C=O) groups excluding carboxylic acids is 1. The smallest absolute Gasteiger partial charge is 0.263 e. The Morgan fingerprint density at radius 3 is 2.62 bits per heavy atom. The van der Waals surface area contributed by atoms with Crippen LogP contribution in [0.15, 0.2) is 40.8 Å². The van der Waals surface area contributed by atoms with Crippen molar-refractivity contribution in [2.24, 2.45) is 0 Å². The lowest BCUT2D eigenvalue weighted by molar-refractivity contribution is -0.123. The zero-order valence-corrected chi connectivity index (χ0v) is 20.5. The van der Waals surface area contributed by atoms with Crippen LogP contribution in [0.2, 0.25) is 0 Å². The van der Waals surface area contributed by atoms with Crippen molar-refractivity contribution < 1.29 is 9.53 Å². The predicted molar refractivity (Wildman–Crippen MR) is 135 cm³/mol. The summed E-state index contributed by atoms with van der Waals surface area (Å²) < 4.78 is 6.99. The van der Waals surface area contributed by atoms with Gasteiger partial charge in [0.15, 0.2) is 0 Å². The van der Waals surface area contributed by atoms with E-state index in [0.717, 1.165) is 50.3 Å². The quantitative estimate of drug-likeness (QED) is 0.584. The van der Waals surface area contributed by atoms with Crippen LogP contribution >= 0.6 is 11.3 Å². The lowest BCUT2D eigenvalue weighted by Crippen LogP contribution is -2.59. The summed E-state index contributed by atoms with van der Waals surface area (Å²) in [6.45, 7) is 5.96. The molecule has 1 N–H and O–H groups in total. The van der Waals surface area contributed by atoms with Crippen LogP contribution in [0, 0.1) is 6.92 Å². The van der Waals surface area contributed by atoms with Crippen LogP contribution in [-0.2, 0) is 16.1 Å². The van der Waals surface area contributed by atoms with E-state index in [0.29, 0.717) is 16.8 Å². The molecule has 8 heteroatoms. The number of thiophene rings is 1. The van der Waals surface area contributed by atoms with Crippen molar-refractivity contribution >= 4 is 27.5 Å². The van der Waals surface area contributed by atoms with Crippen molar-refractivity contribution in [1.82, 2.24) is 19.8 Å². The molecule has 1 saturated carbocycles.